The lowest BCUT2D eigenvalue weighted by Crippen LogP contribution is -2.40. The number of rotatable bonds is 6. The van der Waals surface area contributed by atoms with Crippen molar-refractivity contribution in [3.63, 3.8) is 0 Å². The number of fused-ring (bicyclic) bond motifs is 1. The van der Waals surface area contributed by atoms with E-state index in [-0.39, 0.29) is 18.3 Å². The average Bonchev–Trinajstić information content (AvgIpc) is 3.12. The Morgan fingerprint density at radius 1 is 1.23 bits per heavy atom. The summed E-state index contributed by atoms with van der Waals surface area (Å²) in [6.45, 7) is 5.50. The summed E-state index contributed by atoms with van der Waals surface area (Å²) in [7, 11) is 0. The van der Waals surface area contributed by atoms with Gasteiger partial charge in [-0.2, -0.15) is 0 Å². The highest BCUT2D eigenvalue weighted by Crippen LogP contribution is 2.31. The lowest BCUT2D eigenvalue weighted by atomic mass is 9.96. The second-order valence-electron chi connectivity index (χ2n) is 8.15. The first-order chi connectivity index (χ1) is 16.8. The highest BCUT2D eigenvalue weighted by Gasteiger charge is 2.33. The SMILES string of the molecule is C#CCOc1ccc(C=c2sc3n(c2=O)C(c2ccc(Cl)cc2)C(C(=O)OC(C)C)=C(C)N=3)cc1. The number of thiazole rings is 1. The molecule has 35 heavy (non-hydrogen) atoms. The minimum atomic E-state index is -0.684. The molecule has 1 aliphatic rings. The molecule has 0 spiro atoms. The largest absolute Gasteiger partial charge is 0.481 e. The number of nitrogens with zero attached hydrogens (tertiary/aromatic N) is 2. The predicted octanol–water partition coefficient (Wildman–Crippen LogP) is 3.85. The fourth-order valence-corrected chi connectivity index (χ4v) is 4.93. The van der Waals surface area contributed by atoms with Gasteiger partial charge in [0, 0.05) is 5.02 Å². The number of halogens is 1. The monoisotopic (exact) mass is 506 g/mol. The molecule has 1 atom stereocenters. The summed E-state index contributed by atoms with van der Waals surface area (Å²) in [5.41, 5.74) is 2.15. The number of aromatic nitrogens is 1. The third-order valence-electron chi connectivity index (χ3n) is 5.27. The van der Waals surface area contributed by atoms with Crippen LogP contribution in [-0.4, -0.2) is 23.2 Å². The molecule has 6 nitrogen and oxygen atoms in total. The van der Waals surface area contributed by atoms with Crippen LogP contribution in [0, 0.1) is 12.3 Å². The summed E-state index contributed by atoms with van der Waals surface area (Å²) in [6, 6.07) is 13.7. The molecule has 2 heterocycles. The lowest BCUT2D eigenvalue weighted by Gasteiger charge is -2.25. The van der Waals surface area contributed by atoms with Gasteiger partial charge in [0.2, 0.25) is 0 Å². The van der Waals surface area contributed by atoms with E-state index >= 15 is 0 Å². The number of benzene rings is 2. The van der Waals surface area contributed by atoms with Gasteiger partial charge in [-0.3, -0.25) is 9.36 Å². The van der Waals surface area contributed by atoms with Crippen LogP contribution in [0.1, 0.15) is 37.9 Å². The van der Waals surface area contributed by atoms with Gasteiger partial charge < -0.3 is 9.47 Å². The lowest BCUT2D eigenvalue weighted by molar-refractivity contribution is -0.143. The van der Waals surface area contributed by atoms with Gasteiger partial charge in [0.25, 0.3) is 5.56 Å². The van der Waals surface area contributed by atoms with Gasteiger partial charge in [-0.1, -0.05) is 53.1 Å². The fraction of sp³-hybridized carbons (Fsp3) is 0.222. The summed E-state index contributed by atoms with van der Waals surface area (Å²) in [5.74, 6) is 2.57. The van der Waals surface area contributed by atoms with Crippen LogP contribution >= 0.6 is 22.9 Å². The van der Waals surface area contributed by atoms with E-state index in [1.165, 1.54) is 11.3 Å². The van der Waals surface area contributed by atoms with E-state index in [4.69, 9.17) is 27.5 Å². The molecule has 0 bridgehead atoms. The first-order valence-electron chi connectivity index (χ1n) is 10.9. The summed E-state index contributed by atoms with van der Waals surface area (Å²) in [6.07, 6.45) is 6.71. The molecule has 0 saturated heterocycles. The van der Waals surface area contributed by atoms with Gasteiger partial charge in [-0.15, -0.1) is 6.42 Å². The second kappa shape index (κ2) is 10.3. The Labute approximate surface area is 211 Å². The molecule has 0 saturated carbocycles. The van der Waals surface area contributed by atoms with Crippen molar-refractivity contribution in [2.24, 2.45) is 4.99 Å². The molecule has 178 valence electrons. The zero-order valence-corrected chi connectivity index (χ0v) is 21.0. The first-order valence-corrected chi connectivity index (χ1v) is 12.1. The van der Waals surface area contributed by atoms with E-state index in [1.807, 2.05) is 12.1 Å². The van der Waals surface area contributed by atoms with Crippen LogP contribution < -0.4 is 19.6 Å². The maximum atomic E-state index is 13.6. The van der Waals surface area contributed by atoms with Crippen molar-refractivity contribution in [1.82, 2.24) is 4.57 Å². The molecular formula is C27H23ClN2O4S. The van der Waals surface area contributed by atoms with Gasteiger partial charge in [-0.25, -0.2) is 9.79 Å². The number of carbonyl (C=O) groups excluding carboxylic acids is 1. The van der Waals surface area contributed by atoms with Gasteiger partial charge in [-0.05, 0) is 62.2 Å². The van der Waals surface area contributed by atoms with Crippen molar-refractivity contribution in [3.8, 4) is 18.1 Å². The molecule has 3 aromatic rings. The fourth-order valence-electron chi connectivity index (χ4n) is 3.76. The van der Waals surface area contributed by atoms with Crippen molar-refractivity contribution < 1.29 is 14.3 Å². The minimum Gasteiger partial charge on any atom is -0.481 e. The number of allylic oxidation sites excluding steroid dienone is 1. The van der Waals surface area contributed by atoms with E-state index in [0.717, 1.165) is 11.1 Å². The summed E-state index contributed by atoms with van der Waals surface area (Å²) < 4.78 is 13.0. The Morgan fingerprint density at radius 2 is 1.91 bits per heavy atom. The molecule has 0 N–H and O–H groups in total. The average molecular weight is 507 g/mol. The Balaban J connectivity index is 1.84. The molecule has 1 aromatic heterocycles. The third-order valence-corrected chi connectivity index (χ3v) is 6.51. The van der Waals surface area contributed by atoms with E-state index < -0.39 is 12.0 Å². The quantitative estimate of drug-likeness (QED) is 0.376. The molecule has 8 heteroatoms. The Bertz CT molecular complexity index is 1510. The third kappa shape index (κ3) is 5.24. The topological polar surface area (TPSA) is 69.9 Å². The summed E-state index contributed by atoms with van der Waals surface area (Å²) >= 11 is 7.37. The van der Waals surface area contributed by atoms with E-state index in [1.54, 1.807) is 67.8 Å². The molecule has 0 amide bonds. The van der Waals surface area contributed by atoms with Crippen LogP contribution in [0.5, 0.6) is 5.75 Å². The molecule has 0 fully saturated rings. The van der Waals surface area contributed by atoms with E-state index in [9.17, 15) is 9.59 Å². The molecule has 4 rings (SSSR count). The summed E-state index contributed by atoms with van der Waals surface area (Å²) in [4.78, 5) is 31.8. The van der Waals surface area contributed by atoms with Crippen LogP contribution in [0.4, 0.5) is 0 Å². The van der Waals surface area contributed by atoms with Crippen LogP contribution in [0.15, 0.2) is 69.6 Å². The van der Waals surface area contributed by atoms with E-state index in [2.05, 4.69) is 10.9 Å². The van der Waals surface area contributed by atoms with Crippen molar-refractivity contribution in [1.29, 1.82) is 0 Å². The molecule has 0 radical (unpaired) electrons. The smallest absolute Gasteiger partial charge is 0.338 e. The van der Waals surface area contributed by atoms with Gasteiger partial charge in [0.1, 0.15) is 12.4 Å². The number of terminal acetylenes is 1. The Kier molecular flexibility index (Phi) is 7.25. The number of ether oxygens (including phenoxy) is 2. The van der Waals surface area contributed by atoms with Crippen LogP contribution in [0.2, 0.25) is 5.02 Å². The van der Waals surface area contributed by atoms with Crippen molar-refractivity contribution in [2.75, 3.05) is 6.61 Å². The van der Waals surface area contributed by atoms with Crippen LogP contribution in [0.25, 0.3) is 6.08 Å². The zero-order valence-electron chi connectivity index (χ0n) is 19.4. The minimum absolute atomic E-state index is 0.184. The van der Waals surface area contributed by atoms with E-state index in [0.29, 0.717) is 31.4 Å². The highest BCUT2D eigenvalue weighted by atomic mass is 35.5. The molecule has 1 unspecified atom stereocenters. The number of esters is 1. The van der Waals surface area contributed by atoms with Gasteiger partial charge >= 0.3 is 5.97 Å². The molecular weight excluding hydrogens is 484 g/mol. The predicted molar refractivity (Wildman–Crippen MR) is 137 cm³/mol. The highest BCUT2D eigenvalue weighted by molar-refractivity contribution is 7.07. The summed E-state index contributed by atoms with van der Waals surface area (Å²) in [5, 5.41) is 0.558. The van der Waals surface area contributed by atoms with Crippen LogP contribution in [0.3, 0.4) is 0 Å². The van der Waals surface area contributed by atoms with Crippen molar-refractivity contribution in [3.05, 3.63) is 95.6 Å². The maximum Gasteiger partial charge on any atom is 0.338 e. The maximum absolute atomic E-state index is 13.6. The Morgan fingerprint density at radius 3 is 2.54 bits per heavy atom. The number of hydrogen-bond donors (Lipinski definition) is 0. The van der Waals surface area contributed by atoms with Crippen LogP contribution in [-0.2, 0) is 9.53 Å². The zero-order chi connectivity index (χ0) is 25.1. The molecule has 1 aliphatic heterocycles. The molecule has 2 aromatic carbocycles. The standard InChI is InChI=1S/C27H23ClN2O4S/c1-5-14-33-21-12-6-18(7-13-21)15-22-25(31)30-24(19-8-10-20(28)11-9-19)23(26(32)34-16(2)3)17(4)29-27(30)35-22/h1,6-13,15-16,24H,14H2,2-4H3. The second-order valence-corrected chi connectivity index (χ2v) is 9.59. The number of hydrogen-bond acceptors (Lipinski definition) is 6. The number of carbonyl (C=O) groups is 1. The van der Waals surface area contributed by atoms with Crippen molar-refractivity contribution >= 4 is 35.0 Å². The Hall–Kier alpha value is -3.60. The first kappa shape index (κ1) is 24.5. The van der Waals surface area contributed by atoms with Gasteiger partial charge in [0.05, 0.1) is 27.9 Å². The van der Waals surface area contributed by atoms with Gasteiger partial charge in [0.15, 0.2) is 4.80 Å². The van der Waals surface area contributed by atoms with Crippen molar-refractivity contribution in [2.45, 2.75) is 32.9 Å². The molecule has 0 aliphatic carbocycles. The normalized spacial score (nSPS) is 15.4.